The molecule has 0 aliphatic heterocycles. The zero-order valence-corrected chi connectivity index (χ0v) is 46.3. The summed E-state index contributed by atoms with van der Waals surface area (Å²) in [7, 11) is 0. The van der Waals surface area contributed by atoms with E-state index >= 15 is 0 Å². The molecule has 9 heteroatoms. The maximum Gasteiger partial charge on any atom is 0.238 e. The molecule has 84 heavy (non-hydrogen) atoms. The molecule has 7 aromatic heterocycles. The van der Waals surface area contributed by atoms with Crippen molar-refractivity contribution in [1.82, 2.24) is 38.2 Å². The van der Waals surface area contributed by atoms with Crippen molar-refractivity contribution in [3.8, 4) is 51.4 Å². The van der Waals surface area contributed by atoms with E-state index in [1.165, 1.54) is 58.5 Å². The molecule has 17 aromatic rings. The third kappa shape index (κ3) is 6.81. The predicted octanol–water partition coefficient (Wildman–Crippen LogP) is 19.3. The predicted molar refractivity (Wildman–Crippen MR) is 348 cm³/mol. The van der Waals surface area contributed by atoms with E-state index in [1.807, 2.05) is 35.7 Å². The van der Waals surface area contributed by atoms with E-state index in [0.29, 0.717) is 17.6 Å². The van der Waals surface area contributed by atoms with Crippen molar-refractivity contribution in [2.75, 3.05) is 0 Å². The number of aromatic nitrogens is 8. The van der Waals surface area contributed by atoms with Crippen LogP contribution in [0.5, 0.6) is 0 Å². The number of fused-ring (bicyclic) bond motifs is 16. The van der Waals surface area contributed by atoms with Crippen LogP contribution in [0, 0.1) is 0 Å². The summed E-state index contributed by atoms with van der Waals surface area (Å²) < 4.78 is 10.8. The number of pyridine rings is 1. The van der Waals surface area contributed by atoms with Crippen LogP contribution in [0.3, 0.4) is 0 Å². The molecule has 0 fully saturated rings. The van der Waals surface area contributed by atoms with Gasteiger partial charge in [0.2, 0.25) is 5.95 Å². The Morgan fingerprint density at radius 3 is 1.51 bits per heavy atom. The molecule has 0 spiro atoms. The summed E-state index contributed by atoms with van der Waals surface area (Å²) in [4.78, 5) is 22.6. The third-order valence-electron chi connectivity index (χ3n) is 17.7. The standard InChI is InChI=1S/C75H48N8S/c1-45-60(81-62-28-14-8-22-51(62)52-23-9-15-29-63(52)81)40-41-67-68(45)58-42-43-76-74(71(58)84-67)82-64-30-16-12-26-55(64)59-44-49(36-39-66(59)82)46-32-34-48(35-33-46)73-77-72(47-18-4-2-5-19-47)78-75(79-73)83-65-31-17-11-25-54(65)57-38-37-56-53-24-10-13-27-61(53)80(69(56)70(57)83)50-20-6-3-7-21-50/h2-45,60H,1H3/t45?,60-/m1/s1. The van der Waals surface area contributed by atoms with Gasteiger partial charge in [0.05, 0.1) is 43.8 Å². The summed E-state index contributed by atoms with van der Waals surface area (Å²) in [5.74, 6) is 2.93. The number of hydrogen-bond donors (Lipinski definition) is 0. The van der Waals surface area contributed by atoms with Crippen molar-refractivity contribution in [2.45, 2.75) is 18.9 Å². The molecule has 2 atom stereocenters. The van der Waals surface area contributed by atoms with Gasteiger partial charge in [0, 0.05) is 93.3 Å². The molecule has 394 valence electrons. The minimum absolute atomic E-state index is 0.150. The Morgan fingerprint density at radius 1 is 0.381 bits per heavy atom. The van der Waals surface area contributed by atoms with Crippen LogP contribution in [0.4, 0.5) is 0 Å². The van der Waals surface area contributed by atoms with Crippen LogP contribution in [0.25, 0.3) is 155 Å². The van der Waals surface area contributed by atoms with E-state index in [2.05, 4.69) is 262 Å². The largest absolute Gasteiger partial charge is 0.333 e. The first kappa shape index (κ1) is 47.0. The van der Waals surface area contributed by atoms with Crippen molar-refractivity contribution < 1.29 is 0 Å². The van der Waals surface area contributed by atoms with Crippen LogP contribution in [0.1, 0.15) is 29.3 Å². The molecule has 0 saturated carbocycles. The van der Waals surface area contributed by atoms with Crippen LogP contribution in [0.2, 0.25) is 0 Å². The average molecular weight is 1090 g/mol. The van der Waals surface area contributed by atoms with Crippen molar-refractivity contribution in [3.63, 3.8) is 0 Å². The Balaban J connectivity index is 0.753. The summed E-state index contributed by atoms with van der Waals surface area (Å²) in [6, 6.07) is 87.1. The lowest BCUT2D eigenvalue weighted by atomic mass is 9.86. The molecular formula is C75H48N8S. The summed E-state index contributed by atoms with van der Waals surface area (Å²) in [6.07, 6.45) is 6.79. The van der Waals surface area contributed by atoms with Gasteiger partial charge in [-0.25, -0.2) is 9.97 Å². The maximum absolute atomic E-state index is 5.45. The fourth-order valence-corrected chi connectivity index (χ4v) is 15.3. The fourth-order valence-electron chi connectivity index (χ4n) is 14.0. The van der Waals surface area contributed by atoms with E-state index in [-0.39, 0.29) is 12.0 Å². The van der Waals surface area contributed by atoms with Gasteiger partial charge in [0.1, 0.15) is 0 Å². The highest BCUT2D eigenvalue weighted by Gasteiger charge is 2.31. The zero-order chi connectivity index (χ0) is 55.1. The normalized spacial score (nSPS) is 14.4. The monoisotopic (exact) mass is 1090 g/mol. The van der Waals surface area contributed by atoms with Crippen molar-refractivity contribution in [3.05, 3.63) is 265 Å². The summed E-state index contributed by atoms with van der Waals surface area (Å²) in [5.41, 5.74) is 15.6. The van der Waals surface area contributed by atoms with Crippen LogP contribution < -0.4 is 0 Å². The Kier molecular flexibility index (Phi) is 10.1. The van der Waals surface area contributed by atoms with Gasteiger partial charge in [0.15, 0.2) is 17.5 Å². The van der Waals surface area contributed by atoms with E-state index in [9.17, 15) is 0 Å². The molecule has 0 saturated heterocycles. The molecule has 7 heterocycles. The number of allylic oxidation sites excluding steroid dienone is 1. The number of thiophene rings is 1. The van der Waals surface area contributed by atoms with Crippen molar-refractivity contribution in [2.24, 2.45) is 0 Å². The Labute approximate surface area is 485 Å². The van der Waals surface area contributed by atoms with Crippen LogP contribution in [0.15, 0.2) is 255 Å². The minimum Gasteiger partial charge on any atom is -0.333 e. The number of para-hydroxylation sites is 6. The summed E-state index contributed by atoms with van der Waals surface area (Å²) in [6.45, 7) is 2.40. The molecule has 0 radical (unpaired) electrons. The van der Waals surface area contributed by atoms with Gasteiger partial charge < -0.3 is 9.13 Å². The van der Waals surface area contributed by atoms with Crippen LogP contribution >= 0.6 is 11.3 Å². The highest BCUT2D eigenvalue weighted by molar-refractivity contribution is 7.20. The SMILES string of the molecule is CC1c2c(sc3c(-n4c5ccccc5c5cc(-c6ccc(-c7nc(-c8ccccc8)nc(-n8c9ccccc9c9ccc%10c%11ccccc%11n(-c%11ccccc%11)c%10c98)n7)cc6)ccc54)nccc23)C=C[C@H]1n1c2ccccc2c2ccccc21. The van der Waals surface area contributed by atoms with Gasteiger partial charge in [-0.15, -0.1) is 11.3 Å². The number of benzene rings is 10. The van der Waals surface area contributed by atoms with E-state index in [1.54, 1.807) is 0 Å². The highest BCUT2D eigenvalue weighted by atomic mass is 32.1. The van der Waals surface area contributed by atoms with Gasteiger partial charge in [-0.1, -0.05) is 195 Å². The van der Waals surface area contributed by atoms with Crippen LogP contribution in [-0.2, 0) is 0 Å². The maximum atomic E-state index is 5.45. The molecule has 0 amide bonds. The molecule has 0 bridgehead atoms. The molecule has 18 rings (SSSR count). The lowest BCUT2D eigenvalue weighted by Crippen LogP contribution is -2.16. The average Bonchev–Trinajstić information content (AvgIpc) is 1.79. The molecular weight excluding hydrogens is 1040 g/mol. The van der Waals surface area contributed by atoms with Crippen molar-refractivity contribution >= 4 is 115 Å². The number of nitrogens with zero attached hydrogens (tertiary/aromatic N) is 8. The Bertz CT molecular complexity index is 5530. The van der Waals surface area contributed by atoms with Crippen LogP contribution in [-0.4, -0.2) is 38.2 Å². The van der Waals surface area contributed by atoms with Gasteiger partial charge in [0.25, 0.3) is 0 Å². The number of rotatable bonds is 7. The second kappa shape index (κ2) is 18.1. The van der Waals surface area contributed by atoms with E-state index in [0.717, 1.165) is 83.0 Å². The zero-order valence-electron chi connectivity index (χ0n) is 45.5. The van der Waals surface area contributed by atoms with Crippen molar-refractivity contribution in [1.29, 1.82) is 0 Å². The Morgan fingerprint density at radius 2 is 0.869 bits per heavy atom. The second-order valence-electron chi connectivity index (χ2n) is 22.1. The third-order valence-corrected chi connectivity index (χ3v) is 18.9. The lowest BCUT2D eigenvalue weighted by molar-refractivity contribution is 0.542. The van der Waals surface area contributed by atoms with Gasteiger partial charge >= 0.3 is 0 Å². The topological polar surface area (TPSA) is 71.3 Å². The molecule has 1 aliphatic carbocycles. The first-order valence-corrected chi connectivity index (χ1v) is 29.5. The summed E-state index contributed by atoms with van der Waals surface area (Å²) >= 11 is 1.86. The Hall–Kier alpha value is -10.7. The van der Waals surface area contributed by atoms with Gasteiger partial charge in [-0.3, -0.25) is 9.13 Å². The second-order valence-corrected chi connectivity index (χ2v) is 23.2. The smallest absolute Gasteiger partial charge is 0.238 e. The lowest BCUT2D eigenvalue weighted by Gasteiger charge is -2.28. The van der Waals surface area contributed by atoms with Gasteiger partial charge in [-0.2, -0.15) is 9.97 Å². The molecule has 8 nitrogen and oxygen atoms in total. The number of hydrogen-bond acceptors (Lipinski definition) is 5. The molecule has 0 N–H and O–H groups in total. The minimum atomic E-state index is 0.150. The highest BCUT2D eigenvalue weighted by Crippen LogP contribution is 2.50. The fraction of sp³-hybridized carbons (Fsp3) is 0.0400. The van der Waals surface area contributed by atoms with Gasteiger partial charge in [-0.05, 0) is 83.4 Å². The summed E-state index contributed by atoms with van der Waals surface area (Å²) in [5, 5.41) is 10.8. The first-order valence-electron chi connectivity index (χ1n) is 28.7. The molecule has 1 unspecified atom stereocenters. The van der Waals surface area contributed by atoms with E-state index in [4.69, 9.17) is 19.9 Å². The first-order chi connectivity index (χ1) is 41.6. The molecule has 1 aliphatic rings. The quantitative estimate of drug-likeness (QED) is 0.159. The van der Waals surface area contributed by atoms with E-state index < -0.39 is 0 Å². The molecule has 10 aromatic carbocycles.